The number of rotatable bonds is 7. The smallest absolute Gasteiger partial charge is 0.246 e. The maximum absolute atomic E-state index is 11.0. The highest BCUT2D eigenvalue weighted by atomic mass is 16.5. The molecular weight excluding hydrogens is 166 g/mol. The van der Waals surface area contributed by atoms with Crippen LogP contribution in [0.4, 0.5) is 0 Å². The molecule has 0 aliphatic rings. The van der Waals surface area contributed by atoms with Crippen LogP contribution in [0.2, 0.25) is 0 Å². The van der Waals surface area contributed by atoms with Crippen molar-refractivity contribution in [2.24, 2.45) is 0 Å². The summed E-state index contributed by atoms with van der Waals surface area (Å²) >= 11 is 0. The molecule has 13 heavy (non-hydrogen) atoms. The normalized spacial score (nSPS) is 9.69. The molecule has 1 amide bonds. The van der Waals surface area contributed by atoms with E-state index >= 15 is 0 Å². The maximum atomic E-state index is 11.0. The summed E-state index contributed by atoms with van der Waals surface area (Å²) in [5.41, 5.74) is 0.560. The van der Waals surface area contributed by atoms with Crippen LogP contribution in [0.25, 0.3) is 0 Å². The number of ether oxygens (including phenoxy) is 1. The molecule has 0 saturated carbocycles. The molecule has 0 aliphatic carbocycles. The Morgan fingerprint density at radius 1 is 1.46 bits per heavy atom. The average molecular weight is 185 g/mol. The molecule has 0 bridgehead atoms. The topological polar surface area (TPSA) is 38.3 Å². The van der Waals surface area contributed by atoms with Crippen molar-refractivity contribution in [3.63, 3.8) is 0 Å². The van der Waals surface area contributed by atoms with Crippen LogP contribution in [0.15, 0.2) is 12.2 Å². The zero-order valence-electron chi connectivity index (χ0n) is 8.56. The molecule has 0 aromatic heterocycles. The Labute approximate surface area is 80.2 Å². The average Bonchev–Trinajstić information content (AvgIpc) is 2.10. The highest BCUT2D eigenvalue weighted by Gasteiger charge is 1.98. The minimum absolute atomic E-state index is 0.0589. The molecule has 0 saturated heterocycles. The number of hydrogen-bond acceptors (Lipinski definition) is 2. The lowest BCUT2D eigenvalue weighted by atomic mass is 10.3. The minimum Gasteiger partial charge on any atom is -0.382 e. The fraction of sp³-hybridized carbons (Fsp3) is 0.700. The van der Waals surface area contributed by atoms with Crippen LogP contribution in [0, 0.1) is 0 Å². The quantitative estimate of drug-likeness (QED) is 0.482. The Hall–Kier alpha value is -0.830. The van der Waals surface area contributed by atoms with Gasteiger partial charge in [0.25, 0.3) is 0 Å². The lowest BCUT2D eigenvalue weighted by Crippen LogP contribution is -2.24. The molecule has 0 heterocycles. The second-order valence-corrected chi connectivity index (χ2v) is 2.94. The summed E-state index contributed by atoms with van der Waals surface area (Å²) in [5, 5.41) is 2.76. The zero-order chi connectivity index (χ0) is 10.1. The van der Waals surface area contributed by atoms with Gasteiger partial charge < -0.3 is 10.1 Å². The molecule has 1 N–H and O–H groups in total. The first-order valence-corrected chi connectivity index (χ1v) is 4.70. The first-order valence-electron chi connectivity index (χ1n) is 4.70. The third-order valence-corrected chi connectivity index (χ3v) is 1.59. The Morgan fingerprint density at radius 2 is 2.15 bits per heavy atom. The van der Waals surface area contributed by atoms with Gasteiger partial charge in [0.1, 0.15) is 0 Å². The van der Waals surface area contributed by atoms with Crippen molar-refractivity contribution in [3.8, 4) is 0 Å². The van der Waals surface area contributed by atoms with E-state index in [2.05, 4.69) is 11.9 Å². The zero-order valence-corrected chi connectivity index (χ0v) is 8.56. The van der Waals surface area contributed by atoms with Crippen molar-refractivity contribution < 1.29 is 9.53 Å². The number of carbonyl (C=O) groups excluding carboxylic acids is 1. The summed E-state index contributed by atoms with van der Waals surface area (Å²) in [6.45, 7) is 9.47. The van der Waals surface area contributed by atoms with E-state index < -0.39 is 0 Å². The molecule has 0 rings (SSSR count). The van der Waals surface area contributed by atoms with Crippen molar-refractivity contribution in [1.82, 2.24) is 5.32 Å². The van der Waals surface area contributed by atoms with Crippen molar-refractivity contribution in [2.45, 2.75) is 26.7 Å². The highest BCUT2D eigenvalue weighted by Crippen LogP contribution is 1.90. The predicted molar refractivity (Wildman–Crippen MR) is 53.6 cm³/mol. The van der Waals surface area contributed by atoms with Crippen molar-refractivity contribution in [2.75, 3.05) is 19.8 Å². The van der Waals surface area contributed by atoms with E-state index in [1.54, 1.807) is 6.92 Å². The molecule has 3 nitrogen and oxygen atoms in total. The Morgan fingerprint density at radius 3 is 2.69 bits per heavy atom. The fourth-order valence-corrected chi connectivity index (χ4v) is 0.826. The number of unbranched alkanes of at least 4 members (excludes halogenated alkanes) is 1. The van der Waals surface area contributed by atoms with Gasteiger partial charge in [-0.2, -0.15) is 0 Å². The van der Waals surface area contributed by atoms with Gasteiger partial charge in [-0.1, -0.05) is 6.58 Å². The minimum atomic E-state index is -0.0589. The number of amides is 1. The van der Waals surface area contributed by atoms with Crippen molar-refractivity contribution in [3.05, 3.63) is 12.2 Å². The van der Waals surface area contributed by atoms with Gasteiger partial charge in [-0.05, 0) is 26.7 Å². The summed E-state index contributed by atoms with van der Waals surface area (Å²) < 4.78 is 5.16. The van der Waals surface area contributed by atoms with Gasteiger partial charge in [-0.25, -0.2) is 0 Å². The molecule has 0 aromatic rings. The van der Waals surface area contributed by atoms with Crippen LogP contribution in [-0.2, 0) is 9.53 Å². The van der Waals surface area contributed by atoms with Crippen LogP contribution in [0.5, 0.6) is 0 Å². The van der Waals surface area contributed by atoms with Gasteiger partial charge in [0.05, 0.1) is 0 Å². The molecule has 0 aliphatic heterocycles. The maximum Gasteiger partial charge on any atom is 0.246 e. The van der Waals surface area contributed by atoms with Gasteiger partial charge in [0.2, 0.25) is 5.91 Å². The Bertz CT molecular complexity index is 166. The lowest BCUT2D eigenvalue weighted by Gasteiger charge is -2.04. The van der Waals surface area contributed by atoms with E-state index in [1.807, 2.05) is 6.92 Å². The van der Waals surface area contributed by atoms with E-state index in [9.17, 15) is 4.79 Å². The van der Waals surface area contributed by atoms with Gasteiger partial charge >= 0.3 is 0 Å². The molecule has 0 spiro atoms. The Balaban J connectivity index is 3.16. The summed E-state index contributed by atoms with van der Waals surface area (Å²) in [4.78, 5) is 11.0. The SMILES string of the molecule is C=C(C)C(=O)NCCCCOCC. The van der Waals surface area contributed by atoms with E-state index in [0.717, 1.165) is 26.1 Å². The van der Waals surface area contributed by atoms with Crippen molar-refractivity contribution >= 4 is 5.91 Å². The van der Waals surface area contributed by atoms with Gasteiger partial charge in [-0.15, -0.1) is 0 Å². The second kappa shape index (κ2) is 7.80. The fourth-order valence-electron chi connectivity index (χ4n) is 0.826. The standard InChI is InChI=1S/C10H19NO2/c1-4-13-8-6-5-7-11-10(12)9(2)3/h2,4-8H2,1,3H3,(H,11,12). The van der Waals surface area contributed by atoms with Crippen LogP contribution < -0.4 is 5.32 Å². The van der Waals surface area contributed by atoms with E-state index in [0.29, 0.717) is 12.1 Å². The molecule has 3 heteroatoms. The Kier molecular flexibility index (Phi) is 7.30. The summed E-state index contributed by atoms with van der Waals surface area (Å²) in [7, 11) is 0. The number of nitrogens with one attached hydrogen (secondary N) is 1. The van der Waals surface area contributed by atoms with E-state index in [1.165, 1.54) is 0 Å². The third-order valence-electron chi connectivity index (χ3n) is 1.59. The number of hydrogen-bond donors (Lipinski definition) is 1. The summed E-state index contributed by atoms with van der Waals surface area (Å²) in [5.74, 6) is -0.0589. The molecular formula is C10H19NO2. The summed E-state index contributed by atoms with van der Waals surface area (Å²) in [6, 6.07) is 0. The predicted octanol–water partition coefficient (Wildman–Crippen LogP) is 1.50. The molecule has 0 fully saturated rings. The molecule has 0 unspecified atom stereocenters. The molecule has 0 atom stereocenters. The molecule has 0 radical (unpaired) electrons. The van der Waals surface area contributed by atoms with Gasteiger partial charge in [0.15, 0.2) is 0 Å². The van der Waals surface area contributed by atoms with Crippen molar-refractivity contribution in [1.29, 1.82) is 0 Å². The monoisotopic (exact) mass is 185 g/mol. The second-order valence-electron chi connectivity index (χ2n) is 2.94. The van der Waals surface area contributed by atoms with Crippen LogP contribution in [-0.4, -0.2) is 25.7 Å². The summed E-state index contributed by atoms with van der Waals surface area (Å²) in [6.07, 6.45) is 1.95. The highest BCUT2D eigenvalue weighted by molar-refractivity contribution is 5.91. The molecule has 76 valence electrons. The van der Waals surface area contributed by atoms with Crippen LogP contribution >= 0.6 is 0 Å². The van der Waals surface area contributed by atoms with Crippen LogP contribution in [0.1, 0.15) is 26.7 Å². The lowest BCUT2D eigenvalue weighted by molar-refractivity contribution is -0.117. The number of carbonyl (C=O) groups is 1. The molecule has 0 aromatic carbocycles. The van der Waals surface area contributed by atoms with E-state index in [-0.39, 0.29) is 5.91 Å². The largest absolute Gasteiger partial charge is 0.382 e. The van der Waals surface area contributed by atoms with Gasteiger partial charge in [0, 0.05) is 25.3 Å². The third kappa shape index (κ3) is 7.53. The van der Waals surface area contributed by atoms with Gasteiger partial charge in [-0.3, -0.25) is 4.79 Å². The first-order chi connectivity index (χ1) is 6.18. The van der Waals surface area contributed by atoms with Crippen LogP contribution in [0.3, 0.4) is 0 Å². The van der Waals surface area contributed by atoms with E-state index in [4.69, 9.17) is 4.74 Å². The first kappa shape index (κ1) is 12.2.